The van der Waals surface area contributed by atoms with E-state index in [9.17, 15) is 18.0 Å². The van der Waals surface area contributed by atoms with E-state index >= 15 is 0 Å². The summed E-state index contributed by atoms with van der Waals surface area (Å²) in [5, 5.41) is 1.01. The standard InChI is InChI=1S/C18H20F3N3O2/c1-12-11-16(14-5-3-4-6-15(14)22-12)23-7-9-24(10-8-23)17(25)26-13(2)18(19,20)21/h3-6,11,13H,7-10H2,1-2H3. The number of fused-ring (bicyclic) bond motifs is 1. The monoisotopic (exact) mass is 367 g/mol. The zero-order chi connectivity index (χ0) is 18.9. The predicted molar refractivity (Wildman–Crippen MR) is 92.3 cm³/mol. The van der Waals surface area contributed by atoms with Crippen molar-refractivity contribution < 1.29 is 22.7 Å². The maximum Gasteiger partial charge on any atom is 0.425 e. The maximum atomic E-state index is 12.5. The second kappa shape index (κ2) is 7.01. The summed E-state index contributed by atoms with van der Waals surface area (Å²) in [6, 6.07) is 9.78. The molecule has 1 fully saturated rings. The molecule has 3 rings (SSSR count). The van der Waals surface area contributed by atoms with Crippen molar-refractivity contribution in [2.45, 2.75) is 26.1 Å². The van der Waals surface area contributed by atoms with Crippen molar-refractivity contribution in [2.24, 2.45) is 0 Å². The van der Waals surface area contributed by atoms with Crippen molar-refractivity contribution in [3.05, 3.63) is 36.0 Å². The number of benzene rings is 1. The van der Waals surface area contributed by atoms with Crippen molar-refractivity contribution in [3.8, 4) is 0 Å². The lowest BCUT2D eigenvalue weighted by molar-refractivity contribution is -0.199. The van der Waals surface area contributed by atoms with Crippen LogP contribution < -0.4 is 4.90 Å². The molecule has 2 heterocycles. The molecule has 1 aromatic carbocycles. The Balaban J connectivity index is 1.69. The molecule has 8 heteroatoms. The van der Waals surface area contributed by atoms with Gasteiger partial charge in [0.1, 0.15) is 0 Å². The first-order chi connectivity index (χ1) is 12.3. The fraction of sp³-hybridized carbons (Fsp3) is 0.444. The Morgan fingerprint density at radius 2 is 1.85 bits per heavy atom. The van der Waals surface area contributed by atoms with Crippen LogP contribution in [-0.2, 0) is 4.74 Å². The van der Waals surface area contributed by atoms with Crippen molar-refractivity contribution in [2.75, 3.05) is 31.1 Å². The summed E-state index contributed by atoms with van der Waals surface area (Å²) in [6.45, 7) is 4.40. The van der Waals surface area contributed by atoms with Gasteiger partial charge in [-0.1, -0.05) is 18.2 Å². The van der Waals surface area contributed by atoms with E-state index in [1.807, 2.05) is 37.3 Å². The molecular weight excluding hydrogens is 347 g/mol. The molecule has 1 aromatic heterocycles. The van der Waals surface area contributed by atoms with Crippen LogP contribution >= 0.6 is 0 Å². The molecule has 0 bridgehead atoms. The van der Waals surface area contributed by atoms with Gasteiger partial charge in [-0.2, -0.15) is 13.2 Å². The summed E-state index contributed by atoms with van der Waals surface area (Å²) in [6.07, 6.45) is -7.59. The Labute approximate surface area is 149 Å². The number of carbonyl (C=O) groups excluding carboxylic acids is 1. The quantitative estimate of drug-likeness (QED) is 0.811. The molecule has 0 radical (unpaired) electrons. The minimum Gasteiger partial charge on any atom is -0.437 e. The molecule has 1 atom stereocenters. The summed E-state index contributed by atoms with van der Waals surface area (Å²) in [5.74, 6) is 0. The van der Waals surface area contributed by atoms with Gasteiger partial charge >= 0.3 is 12.3 Å². The average Bonchev–Trinajstić information content (AvgIpc) is 2.60. The number of alkyl halides is 3. The van der Waals surface area contributed by atoms with Gasteiger partial charge in [-0.05, 0) is 26.0 Å². The van der Waals surface area contributed by atoms with Crippen LogP contribution in [0.15, 0.2) is 30.3 Å². The molecule has 0 saturated carbocycles. The van der Waals surface area contributed by atoms with Crippen molar-refractivity contribution in [1.29, 1.82) is 0 Å². The largest absolute Gasteiger partial charge is 0.437 e. The lowest BCUT2D eigenvalue weighted by atomic mass is 10.1. The number of piperazine rings is 1. The molecule has 1 amide bonds. The molecule has 2 aromatic rings. The number of nitrogens with zero attached hydrogens (tertiary/aromatic N) is 3. The second-order valence-electron chi connectivity index (χ2n) is 6.34. The third-order valence-corrected chi connectivity index (χ3v) is 4.44. The zero-order valence-corrected chi connectivity index (χ0v) is 14.6. The fourth-order valence-corrected chi connectivity index (χ4v) is 2.97. The van der Waals surface area contributed by atoms with Gasteiger partial charge in [0.15, 0.2) is 6.10 Å². The van der Waals surface area contributed by atoms with Gasteiger partial charge in [0, 0.05) is 42.9 Å². The number of hydrogen-bond acceptors (Lipinski definition) is 4. The van der Waals surface area contributed by atoms with Gasteiger partial charge in [0.2, 0.25) is 0 Å². The smallest absolute Gasteiger partial charge is 0.425 e. The van der Waals surface area contributed by atoms with Gasteiger partial charge in [-0.15, -0.1) is 0 Å². The van der Waals surface area contributed by atoms with Crippen LogP contribution in [0.5, 0.6) is 0 Å². The molecule has 1 aliphatic rings. The number of anilines is 1. The van der Waals surface area contributed by atoms with Gasteiger partial charge in [-0.25, -0.2) is 4.79 Å². The lowest BCUT2D eigenvalue weighted by Crippen LogP contribution is -2.50. The van der Waals surface area contributed by atoms with Crippen LogP contribution in [-0.4, -0.2) is 54.4 Å². The normalized spacial score (nSPS) is 16.7. The highest BCUT2D eigenvalue weighted by Gasteiger charge is 2.40. The van der Waals surface area contributed by atoms with Crippen LogP contribution in [0.4, 0.5) is 23.7 Å². The number of hydrogen-bond donors (Lipinski definition) is 0. The van der Waals surface area contributed by atoms with Gasteiger partial charge in [0.25, 0.3) is 0 Å². The Morgan fingerprint density at radius 3 is 2.50 bits per heavy atom. The number of para-hydroxylation sites is 1. The number of rotatable bonds is 2. The number of aromatic nitrogens is 1. The van der Waals surface area contributed by atoms with E-state index < -0.39 is 18.4 Å². The number of carbonyl (C=O) groups is 1. The number of ether oxygens (including phenoxy) is 1. The van der Waals surface area contributed by atoms with Crippen molar-refractivity contribution in [3.63, 3.8) is 0 Å². The van der Waals surface area contributed by atoms with Crippen LogP contribution in [0, 0.1) is 6.92 Å². The topological polar surface area (TPSA) is 45.7 Å². The SMILES string of the molecule is Cc1cc(N2CCN(C(=O)OC(C)C(F)(F)F)CC2)c2ccccc2n1. The lowest BCUT2D eigenvalue weighted by Gasteiger charge is -2.36. The maximum absolute atomic E-state index is 12.5. The first-order valence-corrected chi connectivity index (χ1v) is 8.39. The molecule has 0 spiro atoms. The summed E-state index contributed by atoms with van der Waals surface area (Å²) in [7, 11) is 0. The third-order valence-electron chi connectivity index (χ3n) is 4.44. The molecule has 1 saturated heterocycles. The van der Waals surface area contributed by atoms with Gasteiger partial charge < -0.3 is 14.5 Å². The summed E-state index contributed by atoms with van der Waals surface area (Å²) < 4.78 is 42.1. The highest BCUT2D eigenvalue weighted by atomic mass is 19.4. The van der Waals surface area contributed by atoms with Crippen LogP contribution in [0.3, 0.4) is 0 Å². The zero-order valence-electron chi connectivity index (χ0n) is 14.6. The molecule has 5 nitrogen and oxygen atoms in total. The van der Waals surface area contributed by atoms with E-state index in [0.29, 0.717) is 26.2 Å². The Morgan fingerprint density at radius 1 is 1.19 bits per heavy atom. The Kier molecular flexibility index (Phi) is 4.93. The van der Waals surface area contributed by atoms with E-state index in [4.69, 9.17) is 0 Å². The van der Waals surface area contributed by atoms with Crippen LogP contribution in [0.2, 0.25) is 0 Å². The number of pyridine rings is 1. The molecule has 26 heavy (non-hydrogen) atoms. The van der Waals surface area contributed by atoms with E-state index in [2.05, 4.69) is 14.6 Å². The Hall–Kier alpha value is -2.51. The Bertz CT molecular complexity index is 802. The molecular formula is C18H20F3N3O2. The van der Waals surface area contributed by atoms with E-state index in [-0.39, 0.29) is 0 Å². The number of amides is 1. The van der Waals surface area contributed by atoms with Crippen LogP contribution in [0.1, 0.15) is 12.6 Å². The fourth-order valence-electron chi connectivity index (χ4n) is 2.97. The second-order valence-corrected chi connectivity index (χ2v) is 6.34. The molecule has 140 valence electrons. The predicted octanol–water partition coefficient (Wildman–Crippen LogP) is 3.75. The molecule has 1 unspecified atom stereocenters. The summed E-state index contributed by atoms with van der Waals surface area (Å²) in [5.41, 5.74) is 2.80. The number of aryl methyl sites for hydroxylation is 1. The molecule has 1 aliphatic heterocycles. The van der Waals surface area contributed by atoms with Gasteiger partial charge in [-0.3, -0.25) is 4.98 Å². The third kappa shape index (κ3) is 3.84. The average molecular weight is 367 g/mol. The minimum absolute atomic E-state index is 0.305. The number of halogens is 3. The van der Waals surface area contributed by atoms with Gasteiger partial charge in [0.05, 0.1) is 5.52 Å². The highest BCUT2D eigenvalue weighted by Crippen LogP contribution is 2.28. The van der Waals surface area contributed by atoms with E-state index in [1.54, 1.807) is 0 Å². The molecule has 0 N–H and O–H groups in total. The van der Waals surface area contributed by atoms with E-state index in [0.717, 1.165) is 29.2 Å². The minimum atomic E-state index is -4.55. The highest BCUT2D eigenvalue weighted by molar-refractivity contribution is 5.92. The first kappa shape index (κ1) is 18.3. The first-order valence-electron chi connectivity index (χ1n) is 8.39. The molecule has 0 aliphatic carbocycles. The summed E-state index contributed by atoms with van der Waals surface area (Å²) in [4.78, 5) is 19.9. The summed E-state index contributed by atoms with van der Waals surface area (Å²) >= 11 is 0. The van der Waals surface area contributed by atoms with Crippen molar-refractivity contribution in [1.82, 2.24) is 9.88 Å². The van der Waals surface area contributed by atoms with Crippen LogP contribution in [0.25, 0.3) is 10.9 Å². The van der Waals surface area contributed by atoms with E-state index in [1.165, 1.54) is 4.90 Å². The van der Waals surface area contributed by atoms with Crippen molar-refractivity contribution >= 4 is 22.7 Å².